The normalized spacial score (nSPS) is 27.0. The van der Waals surface area contributed by atoms with Crippen LogP contribution in [0.25, 0.3) is 0 Å². The summed E-state index contributed by atoms with van der Waals surface area (Å²) in [6.45, 7) is 2.82. The molecule has 0 radical (unpaired) electrons. The van der Waals surface area contributed by atoms with E-state index < -0.39 is 0 Å². The molecule has 3 N–H and O–H groups in total. The highest BCUT2D eigenvalue weighted by Gasteiger charge is 2.39. The summed E-state index contributed by atoms with van der Waals surface area (Å²) in [6.07, 6.45) is 2.68. The van der Waals surface area contributed by atoms with Gasteiger partial charge in [0, 0.05) is 31.5 Å². The zero-order valence-corrected chi connectivity index (χ0v) is 9.61. The standard InChI is InChI=1S/C11H19N3O2/c1-7(5-12)11(16)13-8-4-10(15)14(6-8)9-2-3-9/h7-9H,2-6,12H2,1H3,(H,13,16). The Bertz CT molecular complexity index is 302. The van der Waals surface area contributed by atoms with Crippen LogP contribution in [-0.4, -0.2) is 41.9 Å². The fraction of sp³-hybridized carbons (Fsp3) is 0.818. The smallest absolute Gasteiger partial charge is 0.225 e. The van der Waals surface area contributed by atoms with Gasteiger partial charge in [0.15, 0.2) is 0 Å². The van der Waals surface area contributed by atoms with Crippen LogP contribution < -0.4 is 11.1 Å². The minimum Gasteiger partial charge on any atom is -0.351 e. The van der Waals surface area contributed by atoms with Gasteiger partial charge in [-0.15, -0.1) is 0 Å². The van der Waals surface area contributed by atoms with Gasteiger partial charge in [0.25, 0.3) is 0 Å². The number of carbonyl (C=O) groups excluding carboxylic acids is 2. The molecule has 1 aliphatic carbocycles. The van der Waals surface area contributed by atoms with Gasteiger partial charge in [0.05, 0.1) is 6.04 Å². The molecule has 16 heavy (non-hydrogen) atoms. The van der Waals surface area contributed by atoms with Gasteiger partial charge in [-0.25, -0.2) is 0 Å². The highest BCUT2D eigenvalue weighted by molar-refractivity contribution is 5.83. The third-order valence-electron chi connectivity index (χ3n) is 3.29. The molecule has 2 amide bonds. The lowest BCUT2D eigenvalue weighted by Gasteiger charge is -2.17. The van der Waals surface area contributed by atoms with Crippen molar-refractivity contribution in [2.24, 2.45) is 11.7 Å². The summed E-state index contributed by atoms with van der Waals surface area (Å²) in [5.41, 5.74) is 5.42. The van der Waals surface area contributed by atoms with Crippen molar-refractivity contribution in [2.75, 3.05) is 13.1 Å². The maximum Gasteiger partial charge on any atom is 0.225 e. The Kier molecular flexibility index (Phi) is 3.14. The first-order valence-electron chi connectivity index (χ1n) is 5.91. The molecule has 0 aromatic rings. The van der Waals surface area contributed by atoms with Crippen LogP contribution >= 0.6 is 0 Å². The Balaban J connectivity index is 1.83. The van der Waals surface area contributed by atoms with Crippen LogP contribution in [0.1, 0.15) is 26.2 Å². The summed E-state index contributed by atoms with van der Waals surface area (Å²) in [4.78, 5) is 25.1. The highest BCUT2D eigenvalue weighted by Crippen LogP contribution is 2.30. The van der Waals surface area contributed by atoms with Crippen molar-refractivity contribution < 1.29 is 9.59 Å². The van der Waals surface area contributed by atoms with Crippen LogP contribution in [0.3, 0.4) is 0 Å². The number of rotatable bonds is 4. The Morgan fingerprint density at radius 1 is 1.62 bits per heavy atom. The molecular weight excluding hydrogens is 206 g/mol. The maximum atomic E-state index is 11.6. The number of hydrogen-bond acceptors (Lipinski definition) is 3. The summed E-state index contributed by atoms with van der Waals surface area (Å²) in [5.74, 6) is -0.0452. The van der Waals surface area contributed by atoms with Crippen LogP contribution in [0.2, 0.25) is 0 Å². The van der Waals surface area contributed by atoms with E-state index >= 15 is 0 Å². The van der Waals surface area contributed by atoms with Crippen molar-refractivity contribution in [1.82, 2.24) is 10.2 Å². The predicted octanol–water partition coefficient (Wildman–Crippen LogP) is -0.539. The van der Waals surface area contributed by atoms with E-state index in [9.17, 15) is 9.59 Å². The van der Waals surface area contributed by atoms with Crippen molar-refractivity contribution >= 4 is 11.8 Å². The first-order chi connectivity index (χ1) is 7.61. The molecule has 2 unspecified atom stereocenters. The Hall–Kier alpha value is -1.10. The summed E-state index contributed by atoms with van der Waals surface area (Å²) >= 11 is 0. The lowest BCUT2D eigenvalue weighted by Crippen LogP contribution is -2.41. The molecular formula is C11H19N3O2. The minimum atomic E-state index is -0.176. The average Bonchev–Trinajstić information content (AvgIpc) is 3.03. The first-order valence-corrected chi connectivity index (χ1v) is 5.91. The number of amides is 2. The first kappa shape index (κ1) is 11.4. The molecule has 0 spiro atoms. The van der Waals surface area contributed by atoms with E-state index in [-0.39, 0.29) is 23.8 Å². The van der Waals surface area contributed by atoms with Crippen LogP contribution in [0.15, 0.2) is 0 Å². The van der Waals surface area contributed by atoms with Crippen LogP contribution in [0.5, 0.6) is 0 Å². The number of carbonyl (C=O) groups is 2. The molecule has 2 aliphatic rings. The van der Waals surface area contributed by atoms with E-state index in [0.29, 0.717) is 25.6 Å². The van der Waals surface area contributed by atoms with E-state index in [4.69, 9.17) is 5.73 Å². The summed E-state index contributed by atoms with van der Waals surface area (Å²) in [6, 6.07) is 0.427. The van der Waals surface area contributed by atoms with Gasteiger partial charge >= 0.3 is 0 Å². The van der Waals surface area contributed by atoms with Gasteiger partial charge < -0.3 is 16.0 Å². The molecule has 0 aromatic carbocycles. The van der Waals surface area contributed by atoms with Gasteiger partial charge in [0.2, 0.25) is 11.8 Å². The second-order valence-corrected chi connectivity index (χ2v) is 4.82. The summed E-state index contributed by atoms with van der Waals surface area (Å²) in [7, 11) is 0. The monoisotopic (exact) mass is 225 g/mol. The highest BCUT2D eigenvalue weighted by atomic mass is 16.2. The zero-order chi connectivity index (χ0) is 11.7. The van der Waals surface area contributed by atoms with Crippen molar-refractivity contribution in [1.29, 1.82) is 0 Å². The SMILES string of the molecule is CC(CN)C(=O)NC1CC(=O)N(C2CC2)C1. The van der Waals surface area contributed by atoms with E-state index in [1.54, 1.807) is 6.92 Å². The Morgan fingerprint density at radius 2 is 2.31 bits per heavy atom. The molecule has 90 valence electrons. The van der Waals surface area contributed by atoms with Gasteiger partial charge in [-0.05, 0) is 12.8 Å². The molecule has 1 aliphatic heterocycles. The average molecular weight is 225 g/mol. The minimum absolute atomic E-state index is 0.0189. The predicted molar refractivity (Wildman–Crippen MR) is 59.5 cm³/mol. The van der Waals surface area contributed by atoms with Gasteiger partial charge in [-0.3, -0.25) is 9.59 Å². The molecule has 2 rings (SSSR count). The second kappa shape index (κ2) is 4.41. The zero-order valence-electron chi connectivity index (χ0n) is 9.61. The van der Waals surface area contributed by atoms with Crippen LogP contribution in [-0.2, 0) is 9.59 Å². The second-order valence-electron chi connectivity index (χ2n) is 4.82. The molecule has 1 saturated carbocycles. The van der Waals surface area contributed by atoms with Crippen LogP contribution in [0, 0.1) is 5.92 Å². The quantitative estimate of drug-likeness (QED) is 0.674. The Morgan fingerprint density at radius 3 is 2.88 bits per heavy atom. The summed E-state index contributed by atoms with van der Waals surface area (Å²) < 4.78 is 0. The molecule has 2 fully saturated rings. The topological polar surface area (TPSA) is 75.4 Å². The molecule has 1 saturated heterocycles. The molecule has 5 nitrogen and oxygen atoms in total. The van der Waals surface area contributed by atoms with E-state index in [1.165, 1.54) is 0 Å². The van der Waals surface area contributed by atoms with E-state index in [0.717, 1.165) is 12.8 Å². The van der Waals surface area contributed by atoms with Gasteiger partial charge in [-0.1, -0.05) is 6.92 Å². The van der Waals surface area contributed by atoms with Gasteiger partial charge in [-0.2, -0.15) is 0 Å². The largest absolute Gasteiger partial charge is 0.351 e. The van der Waals surface area contributed by atoms with E-state index in [1.807, 2.05) is 4.90 Å². The lowest BCUT2D eigenvalue weighted by molar-refractivity contribution is -0.128. The third-order valence-corrected chi connectivity index (χ3v) is 3.29. The molecule has 1 heterocycles. The lowest BCUT2D eigenvalue weighted by atomic mass is 10.1. The number of nitrogens with one attached hydrogen (secondary N) is 1. The third kappa shape index (κ3) is 2.35. The molecule has 0 aromatic heterocycles. The van der Waals surface area contributed by atoms with Crippen molar-refractivity contribution in [3.63, 3.8) is 0 Å². The number of likely N-dealkylation sites (tertiary alicyclic amines) is 1. The van der Waals surface area contributed by atoms with Gasteiger partial charge in [0.1, 0.15) is 0 Å². The molecule has 2 atom stereocenters. The van der Waals surface area contributed by atoms with Crippen LogP contribution in [0.4, 0.5) is 0 Å². The van der Waals surface area contributed by atoms with E-state index in [2.05, 4.69) is 5.32 Å². The Labute approximate surface area is 95.3 Å². The fourth-order valence-electron chi connectivity index (χ4n) is 2.02. The van der Waals surface area contributed by atoms with Crippen molar-refractivity contribution in [3.8, 4) is 0 Å². The summed E-state index contributed by atoms with van der Waals surface area (Å²) in [5, 5.41) is 2.89. The molecule has 0 bridgehead atoms. The fourth-order valence-corrected chi connectivity index (χ4v) is 2.02. The number of hydrogen-bond donors (Lipinski definition) is 2. The van der Waals surface area contributed by atoms with Crippen molar-refractivity contribution in [2.45, 2.75) is 38.3 Å². The number of nitrogens with zero attached hydrogens (tertiary/aromatic N) is 1. The maximum absolute atomic E-state index is 11.6. The molecule has 5 heteroatoms. The van der Waals surface area contributed by atoms with Crippen molar-refractivity contribution in [3.05, 3.63) is 0 Å². The number of nitrogens with two attached hydrogens (primary N) is 1.